The third-order valence-corrected chi connectivity index (χ3v) is 3.17. The maximum atomic E-state index is 11.6. The molecule has 3 aromatic rings. The second-order valence-electron chi connectivity index (χ2n) is 4.42. The Hall–Kier alpha value is -2.75. The number of aromatic amines is 2. The molecule has 20 heavy (non-hydrogen) atoms. The molecule has 0 amide bonds. The molecule has 2 aromatic carbocycles. The molecule has 0 aliphatic rings. The van der Waals surface area contributed by atoms with Gasteiger partial charge < -0.3 is 14.7 Å². The number of hydrogen-bond acceptors (Lipinski definition) is 2. The first-order valence-corrected chi connectivity index (χ1v) is 6.30. The maximum absolute atomic E-state index is 11.6. The lowest BCUT2D eigenvalue weighted by molar-refractivity contribution is 0.415. The van der Waals surface area contributed by atoms with Crippen molar-refractivity contribution in [3.8, 4) is 28.3 Å². The van der Waals surface area contributed by atoms with Crippen LogP contribution in [0.2, 0.25) is 0 Å². The summed E-state index contributed by atoms with van der Waals surface area (Å²) >= 11 is 0. The quantitative estimate of drug-likeness (QED) is 0.765. The maximum Gasteiger partial charge on any atom is 0.323 e. The molecule has 2 N–H and O–H groups in total. The van der Waals surface area contributed by atoms with E-state index in [-0.39, 0.29) is 5.69 Å². The summed E-state index contributed by atoms with van der Waals surface area (Å²) in [6, 6.07) is 17.3. The van der Waals surface area contributed by atoms with Gasteiger partial charge >= 0.3 is 5.69 Å². The summed E-state index contributed by atoms with van der Waals surface area (Å²) in [5.41, 5.74) is 3.26. The molecule has 4 nitrogen and oxygen atoms in total. The first kappa shape index (κ1) is 12.3. The summed E-state index contributed by atoms with van der Waals surface area (Å²) in [5.74, 6) is 0.785. The highest BCUT2D eigenvalue weighted by atomic mass is 16.5. The average molecular weight is 266 g/mol. The normalized spacial score (nSPS) is 10.4. The van der Waals surface area contributed by atoms with Gasteiger partial charge in [0.25, 0.3) is 0 Å². The Morgan fingerprint density at radius 3 is 1.90 bits per heavy atom. The molecular formula is C16H14N2O2. The van der Waals surface area contributed by atoms with E-state index in [4.69, 9.17) is 4.74 Å². The fraction of sp³-hybridized carbons (Fsp3) is 0.0625. The van der Waals surface area contributed by atoms with Gasteiger partial charge in [0.1, 0.15) is 5.75 Å². The van der Waals surface area contributed by atoms with Gasteiger partial charge in [-0.2, -0.15) is 0 Å². The van der Waals surface area contributed by atoms with Gasteiger partial charge in [-0.3, -0.25) is 0 Å². The number of H-pyrrole nitrogens is 2. The van der Waals surface area contributed by atoms with E-state index in [1.165, 1.54) is 0 Å². The van der Waals surface area contributed by atoms with E-state index in [1.54, 1.807) is 7.11 Å². The summed E-state index contributed by atoms with van der Waals surface area (Å²) in [6.45, 7) is 0. The van der Waals surface area contributed by atoms with Gasteiger partial charge in [-0.1, -0.05) is 30.3 Å². The van der Waals surface area contributed by atoms with Crippen LogP contribution in [0.4, 0.5) is 0 Å². The van der Waals surface area contributed by atoms with Gasteiger partial charge in [0.15, 0.2) is 0 Å². The zero-order valence-corrected chi connectivity index (χ0v) is 11.0. The predicted octanol–water partition coefficient (Wildman–Crippen LogP) is 3.05. The Morgan fingerprint density at radius 2 is 1.35 bits per heavy atom. The Kier molecular flexibility index (Phi) is 3.13. The first-order valence-electron chi connectivity index (χ1n) is 6.30. The molecular weight excluding hydrogens is 252 g/mol. The predicted molar refractivity (Wildman–Crippen MR) is 78.8 cm³/mol. The van der Waals surface area contributed by atoms with Gasteiger partial charge in [0.05, 0.1) is 18.5 Å². The third-order valence-electron chi connectivity index (χ3n) is 3.17. The minimum absolute atomic E-state index is 0.213. The van der Waals surface area contributed by atoms with Crippen LogP contribution in [0.15, 0.2) is 59.4 Å². The molecule has 0 fully saturated rings. The molecule has 0 bridgehead atoms. The molecule has 100 valence electrons. The van der Waals surface area contributed by atoms with Crippen molar-refractivity contribution in [3.63, 3.8) is 0 Å². The van der Waals surface area contributed by atoms with Crippen LogP contribution < -0.4 is 10.4 Å². The van der Waals surface area contributed by atoms with Crippen LogP contribution in [0.5, 0.6) is 5.75 Å². The first-order chi connectivity index (χ1) is 9.78. The molecule has 1 heterocycles. The highest BCUT2D eigenvalue weighted by molar-refractivity contribution is 5.78. The molecule has 0 saturated heterocycles. The zero-order chi connectivity index (χ0) is 13.9. The second-order valence-corrected chi connectivity index (χ2v) is 4.42. The Bertz CT molecular complexity index is 755. The van der Waals surface area contributed by atoms with Crippen molar-refractivity contribution in [3.05, 3.63) is 65.1 Å². The summed E-state index contributed by atoms with van der Waals surface area (Å²) in [5, 5.41) is 0. The van der Waals surface area contributed by atoms with Gasteiger partial charge in [0.2, 0.25) is 0 Å². The summed E-state index contributed by atoms with van der Waals surface area (Å²) in [6.07, 6.45) is 0. The highest BCUT2D eigenvalue weighted by Crippen LogP contribution is 2.28. The number of benzene rings is 2. The van der Waals surface area contributed by atoms with Crippen LogP contribution in [0.25, 0.3) is 22.5 Å². The number of imidazole rings is 1. The molecule has 0 aliphatic heterocycles. The van der Waals surface area contributed by atoms with E-state index >= 15 is 0 Å². The minimum Gasteiger partial charge on any atom is -0.497 e. The van der Waals surface area contributed by atoms with Crippen molar-refractivity contribution >= 4 is 0 Å². The molecule has 4 heteroatoms. The van der Waals surface area contributed by atoms with E-state index in [2.05, 4.69) is 9.97 Å². The van der Waals surface area contributed by atoms with Gasteiger partial charge in [0, 0.05) is 11.1 Å². The number of rotatable bonds is 3. The minimum atomic E-state index is -0.213. The second kappa shape index (κ2) is 5.09. The van der Waals surface area contributed by atoms with E-state index < -0.39 is 0 Å². The van der Waals surface area contributed by atoms with Crippen LogP contribution in [0.3, 0.4) is 0 Å². The standard InChI is InChI=1S/C16H14N2O2/c1-20-13-9-7-12(8-10-13)15-14(17-16(19)18-15)11-5-3-2-4-6-11/h2-10H,1H3,(H2,17,18,19). The van der Waals surface area contributed by atoms with Crippen molar-refractivity contribution < 1.29 is 4.74 Å². The number of methoxy groups -OCH3 is 1. The third kappa shape index (κ3) is 2.23. The molecule has 0 saturated carbocycles. The number of hydrogen-bond donors (Lipinski definition) is 2. The van der Waals surface area contributed by atoms with Crippen molar-refractivity contribution in [2.75, 3.05) is 7.11 Å². The van der Waals surface area contributed by atoms with Crippen molar-refractivity contribution in [1.29, 1.82) is 0 Å². The van der Waals surface area contributed by atoms with Gasteiger partial charge in [-0.25, -0.2) is 4.79 Å². The molecule has 3 rings (SSSR count). The smallest absolute Gasteiger partial charge is 0.323 e. The van der Waals surface area contributed by atoms with Crippen molar-refractivity contribution in [1.82, 2.24) is 9.97 Å². The van der Waals surface area contributed by atoms with Gasteiger partial charge in [-0.05, 0) is 24.3 Å². The van der Waals surface area contributed by atoms with Crippen LogP contribution in [-0.4, -0.2) is 17.1 Å². The largest absolute Gasteiger partial charge is 0.497 e. The van der Waals surface area contributed by atoms with E-state index in [9.17, 15) is 4.79 Å². The van der Waals surface area contributed by atoms with Crippen LogP contribution in [0.1, 0.15) is 0 Å². The highest BCUT2D eigenvalue weighted by Gasteiger charge is 2.11. The number of nitrogens with one attached hydrogen (secondary N) is 2. The Labute approximate surface area is 116 Å². The lowest BCUT2D eigenvalue weighted by atomic mass is 10.1. The van der Waals surface area contributed by atoms with E-state index in [0.717, 1.165) is 28.3 Å². The van der Waals surface area contributed by atoms with E-state index in [0.29, 0.717) is 0 Å². The molecule has 0 spiro atoms. The Balaban J connectivity index is 2.12. The topological polar surface area (TPSA) is 57.9 Å². The van der Waals surface area contributed by atoms with Crippen LogP contribution in [-0.2, 0) is 0 Å². The lowest BCUT2D eigenvalue weighted by Crippen LogP contribution is -2.00. The average Bonchev–Trinajstić information content (AvgIpc) is 2.90. The summed E-state index contributed by atoms with van der Waals surface area (Å²) in [4.78, 5) is 17.3. The molecule has 0 aliphatic carbocycles. The molecule has 0 unspecified atom stereocenters. The van der Waals surface area contributed by atoms with Crippen molar-refractivity contribution in [2.24, 2.45) is 0 Å². The van der Waals surface area contributed by atoms with Crippen LogP contribution >= 0.6 is 0 Å². The fourth-order valence-electron chi connectivity index (χ4n) is 2.18. The molecule has 1 aromatic heterocycles. The monoisotopic (exact) mass is 266 g/mol. The molecule has 0 atom stereocenters. The Morgan fingerprint density at radius 1 is 0.800 bits per heavy atom. The van der Waals surface area contributed by atoms with Crippen molar-refractivity contribution in [2.45, 2.75) is 0 Å². The van der Waals surface area contributed by atoms with Gasteiger partial charge in [-0.15, -0.1) is 0 Å². The SMILES string of the molecule is COc1ccc(-c2[nH]c(=O)[nH]c2-c2ccccc2)cc1. The summed E-state index contributed by atoms with van der Waals surface area (Å²) < 4.78 is 5.15. The molecule has 0 radical (unpaired) electrons. The fourth-order valence-corrected chi connectivity index (χ4v) is 2.18. The number of ether oxygens (including phenoxy) is 1. The lowest BCUT2D eigenvalue weighted by Gasteiger charge is -2.05. The zero-order valence-electron chi connectivity index (χ0n) is 11.0. The summed E-state index contributed by atoms with van der Waals surface area (Å²) in [7, 11) is 1.63. The van der Waals surface area contributed by atoms with Crippen LogP contribution in [0, 0.1) is 0 Å². The van der Waals surface area contributed by atoms with E-state index in [1.807, 2.05) is 54.6 Å². The number of aromatic nitrogens is 2.